The first-order chi connectivity index (χ1) is 15.0. The minimum atomic E-state index is 0.256. The Morgan fingerprint density at radius 3 is 2.16 bits per heavy atom. The summed E-state index contributed by atoms with van der Waals surface area (Å²) < 4.78 is 0. The van der Waals surface area contributed by atoms with Gasteiger partial charge in [0, 0.05) is 6.04 Å². The fourth-order valence-corrected chi connectivity index (χ4v) is 9.77. The van der Waals surface area contributed by atoms with Crippen LogP contribution in [0, 0.1) is 81.8 Å². The van der Waals surface area contributed by atoms with Gasteiger partial charge in [-0.05, 0) is 121 Å². The Morgan fingerprint density at radius 2 is 1.69 bits per heavy atom. The number of allylic oxidation sites excluding steroid dienone is 1. The summed E-state index contributed by atoms with van der Waals surface area (Å²) in [6.07, 6.45) is 7.19. The lowest BCUT2D eigenvalue weighted by Gasteiger charge is -2.40. The van der Waals surface area contributed by atoms with E-state index in [9.17, 15) is 0 Å². The lowest BCUT2D eigenvalue weighted by molar-refractivity contribution is 0.130. The van der Waals surface area contributed by atoms with Crippen LogP contribution in [0.3, 0.4) is 0 Å². The average Bonchev–Trinajstić information content (AvgIpc) is 3.59. The molecule has 5 saturated carbocycles. The number of rotatable bonds is 11. The van der Waals surface area contributed by atoms with Gasteiger partial charge < -0.3 is 5.32 Å². The van der Waals surface area contributed by atoms with Gasteiger partial charge in [-0.25, -0.2) is 0 Å². The smallest absolute Gasteiger partial charge is 0.00953 e. The van der Waals surface area contributed by atoms with Gasteiger partial charge in [0.05, 0.1) is 0 Å². The fourth-order valence-electron chi connectivity index (χ4n) is 9.77. The van der Waals surface area contributed by atoms with E-state index in [0.717, 1.165) is 71.1 Å². The molecule has 0 saturated heterocycles. The maximum atomic E-state index is 4.60. The molecule has 1 nitrogen and oxygen atoms in total. The van der Waals surface area contributed by atoms with Gasteiger partial charge in [-0.2, -0.15) is 0 Å². The van der Waals surface area contributed by atoms with Crippen LogP contribution in [-0.2, 0) is 0 Å². The van der Waals surface area contributed by atoms with Gasteiger partial charge in [-0.1, -0.05) is 67.5 Å². The quantitative estimate of drug-likeness (QED) is 0.326. The van der Waals surface area contributed by atoms with Gasteiger partial charge >= 0.3 is 0 Å². The SMILES string of the molecule is C=C(C(C)CC)C(C)(C)C(C)C1C(C)C1C1(CC(C)C2C3C(C4CCC4NC)C23)CC1C. The van der Waals surface area contributed by atoms with Crippen LogP contribution in [0.15, 0.2) is 12.2 Å². The molecule has 182 valence electrons. The Morgan fingerprint density at radius 1 is 1.06 bits per heavy atom. The molecule has 0 spiro atoms. The standard InChI is InChI=1S/C31H53N/c1-11-16(2)20(6)30(8,9)21(7)25-19(5)29(25)31(15-18(31)4)14-17(3)24-27-26(28(24)27)22-12-13-23(22)32-10/h16-19,21-29,32H,6,11-15H2,1-5,7-10H3. The third-order valence-electron chi connectivity index (χ3n) is 12.9. The Bertz CT molecular complexity index is 740. The summed E-state index contributed by atoms with van der Waals surface area (Å²) in [6, 6.07) is 0.849. The van der Waals surface area contributed by atoms with Crippen molar-refractivity contribution in [3.63, 3.8) is 0 Å². The average molecular weight is 440 g/mol. The maximum Gasteiger partial charge on any atom is 0.00953 e. The van der Waals surface area contributed by atoms with Crippen molar-refractivity contribution < 1.29 is 0 Å². The van der Waals surface area contributed by atoms with Crippen LogP contribution in [0.1, 0.15) is 87.5 Å². The van der Waals surface area contributed by atoms with Crippen LogP contribution < -0.4 is 5.32 Å². The molecule has 0 amide bonds. The monoisotopic (exact) mass is 439 g/mol. The van der Waals surface area contributed by atoms with E-state index in [1.54, 1.807) is 0 Å². The second-order valence-electron chi connectivity index (χ2n) is 14.3. The topological polar surface area (TPSA) is 12.0 Å². The Labute approximate surface area is 200 Å². The molecule has 5 aliphatic rings. The molecule has 12 atom stereocenters. The van der Waals surface area contributed by atoms with Crippen molar-refractivity contribution in [3.8, 4) is 0 Å². The zero-order chi connectivity index (χ0) is 23.3. The van der Waals surface area contributed by atoms with Crippen molar-refractivity contribution in [1.82, 2.24) is 5.32 Å². The molecular formula is C31H53N. The minimum absolute atomic E-state index is 0.256. The molecule has 0 aromatic heterocycles. The summed E-state index contributed by atoms with van der Waals surface area (Å²) >= 11 is 0. The lowest BCUT2D eigenvalue weighted by atomic mass is 9.67. The van der Waals surface area contributed by atoms with E-state index in [1.165, 1.54) is 37.7 Å². The first-order valence-corrected chi connectivity index (χ1v) is 14.4. The molecule has 5 rings (SSSR count). The van der Waals surface area contributed by atoms with Gasteiger partial charge in [0.15, 0.2) is 0 Å². The molecule has 1 N–H and O–H groups in total. The van der Waals surface area contributed by atoms with E-state index in [0.29, 0.717) is 11.3 Å². The molecule has 12 unspecified atom stereocenters. The van der Waals surface area contributed by atoms with E-state index >= 15 is 0 Å². The molecular weight excluding hydrogens is 386 g/mol. The van der Waals surface area contributed by atoms with Gasteiger partial charge in [-0.15, -0.1) is 0 Å². The van der Waals surface area contributed by atoms with Gasteiger partial charge in [0.2, 0.25) is 0 Å². The summed E-state index contributed by atoms with van der Waals surface area (Å²) in [7, 11) is 2.18. The molecule has 0 heterocycles. The van der Waals surface area contributed by atoms with Crippen molar-refractivity contribution in [3.05, 3.63) is 12.2 Å². The minimum Gasteiger partial charge on any atom is -0.317 e. The molecule has 1 heteroatoms. The van der Waals surface area contributed by atoms with Crippen molar-refractivity contribution in [2.24, 2.45) is 81.8 Å². The van der Waals surface area contributed by atoms with E-state index in [1.807, 2.05) is 0 Å². The van der Waals surface area contributed by atoms with Crippen LogP contribution in [0.5, 0.6) is 0 Å². The Balaban J connectivity index is 1.19. The van der Waals surface area contributed by atoms with Crippen molar-refractivity contribution in [2.75, 3.05) is 7.05 Å². The van der Waals surface area contributed by atoms with Gasteiger partial charge in [0.25, 0.3) is 0 Å². The lowest BCUT2D eigenvalue weighted by Crippen LogP contribution is -2.45. The van der Waals surface area contributed by atoms with E-state index in [-0.39, 0.29) is 5.41 Å². The molecule has 5 aliphatic carbocycles. The number of nitrogens with one attached hydrogen (secondary N) is 1. The second-order valence-corrected chi connectivity index (χ2v) is 14.3. The first kappa shape index (κ1) is 23.4. The fraction of sp³-hybridized carbons (Fsp3) is 0.935. The maximum absolute atomic E-state index is 4.60. The van der Waals surface area contributed by atoms with Crippen LogP contribution in [0.4, 0.5) is 0 Å². The molecule has 0 aliphatic heterocycles. The summed E-state index contributed by atoms with van der Waals surface area (Å²) in [5, 5.41) is 3.58. The second kappa shape index (κ2) is 7.60. The van der Waals surface area contributed by atoms with E-state index in [4.69, 9.17) is 0 Å². The van der Waals surface area contributed by atoms with Gasteiger partial charge in [-0.3, -0.25) is 0 Å². The summed E-state index contributed by atoms with van der Waals surface area (Å²) in [6.45, 7) is 24.7. The van der Waals surface area contributed by atoms with Crippen molar-refractivity contribution >= 4 is 0 Å². The van der Waals surface area contributed by atoms with Crippen LogP contribution in [0.25, 0.3) is 0 Å². The molecule has 0 radical (unpaired) electrons. The largest absolute Gasteiger partial charge is 0.317 e. The molecule has 5 fully saturated rings. The molecule has 32 heavy (non-hydrogen) atoms. The normalized spacial score (nSPS) is 51.2. The number of hydrogen-bond donors (Lipinski definition) is 1. The summed E-state index contributed by atoms with van der Waals surface area (Å²) in [5.74, 6) is 11.6. The molecule has 0 aromatic carbocycles. The van der Waals surface area contributed by atoms with Crippen molar-refractivity contribution in [1.29, 1.82) is 0 Å². The van der Waals surface area contributed by atoms with Crippen LogP contribution in [-0.4, -0.2) is 13.1 Å². The number of hydrogen-bond acceptors (Lipinski definition) is 1. The highest BCUT2D eigenvalue weighted by atomic mass is 14.9. The van der Waals surface area contributed by atoms with E-state index < -0.39 is 0 Å². The third kappa shape index (κ3) is 3.25. The Kier molecular flexibility index (Phi) is 5.57. The highest BCUT2D eigenvalue weighted by Gasteiger charge is 2.78. The first-order valence-electron chi connectivity index (χ1n) is 14.4. The highest BCUT2D eigenvalue weighted by Crippen LogP contribution is 2.82. The number of fused-ring (bicyclic) bond motifs is 1. The molecule has 0 bridgehead atoms. The predicted octanol–water partition coefficient (Wildman–Crippen LogP) is 7.68. The highest BCUT2D eigenvalue weighted by molar-refractivity contribution is 5.26. The van der Waals surface area contributed by atoms with Crippen LogP contribution in [0.2, 0.25) is 0 Å². The van der Waals surface area contributed by atoms with Crippen molar-refractivity contribution in [2.45, 2.75) is 93.5 Å². The summed E-state index contributed by atoms with van der Waals surface area (Å²) in [4.78, 5) is 0. The Hall–Kier alpha value is -0.300. The van der Waals surface area contributed by atoms with Crippen LogP contribution >= 0.6 is 0 Å². The molecule has 0 aromatic rings. The summed E-state index contributed by atoms with van der Waals surface area (Å²) in [5.41, 5.74) is 2.43. The predicted molar refractivity (Wildman–Crippen MR) is 137 cm³/mol. The zero-order valence-corrected chi connectivity index (χ0v) is 22.7. The van der Waals surface area contributed by atoms with E-state index in [2.05, 4.69) is 74.3 Å². The zero-order valence-electron chi connectivity index (χ0n) is 22.7. The third-order valence-corrected chi connectivity index (χ3v) is 12.9. The van der Waals surface area contributed by atoms with Gasteiger partial charge in [0.1, 0.15) is 0 Å².